The first-order valence-electron chi connectivity index (χ1n) is 9.83. The third-order valence-electron chi connectivity index (χ3n) is 4.44. The average molecular weight is 509 g/mol. The third kappa shape index (κ3) is 9.35. The predicted octanol–water partition coefficient (Wildman–Crippen LogP) is -0.741. The van der Waals surface area contributed by atoms with Crippen LogP contribution < -0.4 is 10.6 Å². The number of hydrogen-bond donors (Lipinski definition) is 2. The number of benzene rings is 1. The summed E-state index contributed by atoms with van der Waals surface area (Å²) in [5, 5.41) is 5.15. The molecular weight excluding hydrogens is 480 g/mol. The van der Waals surface area contributed by atoms with Crippen LogP contribution >= 0.6 is 0 Å². The summed E-state index contributed by atoms with van der Waals surface area (Å²) in [4.78, 5) is 23.8. The molecule has 1 saturated heterocycles. The van der Waals surface area contributed by atoms with E-state index in [4.69, 9.17) is 17.8 Å². The Morgan fingerprint density at radius 2 is 1.52 bits per heavy atom. The fourth-order valence-corrected chi connectivity index (χ4v) is 4.31. The predicted molar refractivity (Wildman–Crippen MR) is 116 cm³/mol. The molecule has 12 nitrogen and oxygen atoms in total. The topological polar surface area (TPSA) is 163 Å². The highest BCUT2D eigenvalue weighted by atomic mass is 32.2. The Morgan fingerprint density at radius 1 is 0.939 bits per heavy atom. The van der Waals surface area contributed by atoms with E-state index in [-0.39, 0.29) is 6.61 Å². The summed E-state index contributed by atoms with van der Waals surface area (Å²) in [6.07, 6.45) is -2.33. The average Bonchev–Trinajstić information content (AvgIpc) is 2.67. The quantitative estimate of drug-likeness (QED) is 0.385. The molecule has 33 heavy (non-hydrogen) atoms. The number of carbonyl (C=O) groups is 2. The van der Waals surface area contributed by atoms with Gasteiger partial charge in [0.2, 0.25) is 11.8 Å². The molecule has 1 aromatic rings. The monoisotopic (exact) mass is 508 g/mol. The summed E-state index contributed by atoms with van der Waals surface area (Å²) in [7, 11) is -8.01. The molecule has 14 heteroatoms. The lowest BCUT2D eigenvalue weighted by molar-refractivity contribution is -0.247. The van der Waals surface area contributed by atoms with Crippen molar-refractivity contribution < 1.29 is 44.3 Å². The summed E-state index contributed by atoms with van der Waals surface area (Å²) in [6, 6.07) is 6.76. The van der Waals surface area contributed by atoms with Gasteiger partial charge in [-0.25, -0.2) is 0 Å². The molecule has 5 atom stereocenters. The highest BCUT2D eigenvalue weighted by Crippen LogP contribution is 2.27. The maximum Gasteiger partial charge on any atom is 0.264 e. The Morgan fingerprint density at radius 3 is 2.03 bits per heavy atom. The maximum absolute atomic E-state index is 11.9. The molecule has 0 aromatic heterocycles. The van der Waals surface area contributed by atoms with Gasteiger partial charge in [-0.1, -0.05) is 30.3 Å². The molecule has 0 bridgehead atoms. The Labute approximate surface area is 193 Å². The van der Waals surface area contributed by atoms with Crippen LogP contribution in [0.1, 0.15) is 19.4 Å². The van der Waals surface area contributed by atoms with Crippen LogP contribution in [0.15, 0.2) is 30.3 Å². The van der Waals surface area contributed by atoms with Crippen molar-refractivity contribution in [3.05, 3.63) is 35.9 Å². The molecule has 186 valence electrons. The van der Waals surface area contributed by atoms with Crippen molar-refractivity contribution in [2.45, 2.75) is 51.0 Å². The number of nitrogens with one attached hydrogen (secondary N) is 2. The van der Waals surface area contributed by atoms with E-state index in [1.165, 1.54) is 13.8 Å². The van der Waals surface area contributed by atoms with Gasteiger partial charge < -0.3 is 20.1 Å². The molecule has 1 aromatic carbocycles. The van der Waals surface area contributed by atoms with E-state index in [1.54, 1.807) is 24.3 Å². The fourth-order valence-electron chi connectivity index (χ4n) is 3.28. The zero-order chi connectivity index (χ0) is 24.8. The third-order valence-corrected chi connectivity index (χ3v) is 5.57. The summed E-state index contributed by atoms with van der Waals surface area (Å²) < 4.78 is 68.5. The van der Waals surface area contributed by atoms with Crippen LogP contribution in [-0.2, 0) is 54.3 Å². The first kappa shape index (κ1) is 27.1. The molecule has 0 aliphatic carbocycles. The molecule has 1 fully saturated rings. The molecule has 2 amide bonds. The zero-order valence-corrected chi connectivity index (χ0v) is 20.2. The SMILES string of the molecule is CC(=O)NC1C(OCc2ccccc2)OC(COS(C)(=O)=O)C(OS(C)(=O)=O)C1NC(C)=O. The summed E-state index contributed by atoms with van der Waals surface area (Å²) in [6.45, 7) is 1.85. The lowest BCUT2D eigenvalue weighted by Crippen LogP contribution is -2.70. The van der Waals surface area contributed by atoms with Gasteiger partial charge in [0.05, 0.1) is 31.8 Å². The molecule has 2 rings (SSSR count). The second kappa shape index (κ2) is 11.4. The van der Waals surface area contributed by atoms with Gasteiger partial charge in [0, 0.05) is 13.8 Å². The van der Waals surface area contributed by atoms with Crippen LogP contribution in [-0.4, -0.2) is 78.4 Å². The minimum atomic E-state index is -4.09. The van der Waals surface area contributed by atoms with Gasteiger partial charge in [0.25, 0.3) is 20.2 Å². The summed E-state index contributed by atoms with van der Waals surface area (Å²) in [5.74, 6) is -1.06. The van der Waals surface area contributed by atoms with Crippen LogP contribution in [0.3, 0.4) is 0 Å². The van der Waals surface area contributed by atoms with Gasteiger partial charge in [-0.05, 0) is 5.56 Å². The van der Waals surface area contributed by atoms with E-state index < -0.39 is 69.2 Å². The second-order valence-electron chi connectivity index (χ2n) is 7.55. The normalized spacial score (nSPS) is 25.9. The van der Waals surface area contributed by atoms with Crippen LogP contribution in [0.2, 0.25) is 0 Å². The van der Waals surface area contributed by atoms with Crippen LogP contribution in [0.4, 0.5) is 0 Å². The number of ether oxygens (including phenoxy) is 2. The number of rotatable bonds is 10. The largest absolute Gasteiger partial charge is 0.349 e. The maximum atomic E-state index is 11.9. The van der Waals surface area contributed by atoms with E-state index in [0.717, 1.165) is 18.1 Å². The van der Waals surface area contributed by atoms with Crippen molar-refractivity contribution in [2.24, 2.45) is 0 Å². The summed E-state index contributed by atoms with van der Waals surface area (Å²) in [5.41, 5.74) is 0.775. The van der Waals surface area contributed by atoms with Gasteiger partial charge >= 0.3 is 0 Å². The lowest BCUT2D eigenvalue weighted by Gasteiger charge is -2.45. The van der Waals surface area contributed by atoms with Gasteiger partial charge in [-0.2, -0.15) is 16.8 Å². The molecule has 5 unspecified atom stereocenters. The second-order valence-corrected chi connectivity index (χ2v) is 10.8. The van der Waals surface area contributed by atoms with Crippen LogP contribution in [0.25, 0.3) is 0 Å². The molecule has 1 aliphatic rings. The molecule has 2 N–H and O–H groups in total. The van der Waals surface area contributed by atoms with Gasteiger partial charge in [-0.15, -0.1) is 0 Å². The highest BCUT2D eigenvalue weighted by Gasteiger charge is 2.50. The van der Waals surface area contributed by atoms with Gasteiger partial charge in [-0.3, -0.25) is 18.0 Å². The van der Waals surface area contributed by atoms with Crippen molar-refractivity contribution in [1.29, 1.82) is 0 Å². The number of hydrogen-bond acceptors (Lipinski definition) is 10. The van der Waals surface area contributed by atoms with Gasteiger partial charge in [0.15, 0.2) is 6.29 Å². The molecule has 1 heterocycles. The number of carbonyl (C=O) groups excluding carboxylic acids is 2. The Hall–Kier alpha value is -2.10. The van der Waals surface area contributed by atoms with Crippen LogP contribution in [0.5, 0.6) is 0 Å². The van der Waals surface area contributed by atoms with E-state index in [9.17, 15) is 26.4 Å². The minimum absolute atomic E-state index is 0.0473. The summed E-state index contributed by atoms with van der Waals surface area (Å²) >= 11 is 0. The van der Waals surface area contributed by atoms with Crippen molar-refractivity contribution >= 4 is 32.1 Å². The first-order valence-corrected chi connectivity index (χ1v) is 13.5. The van der Waals surface area contributed by atoms with E-state index >= 15 is 0 Å². The van der Waals surface area contributed by atoms with Crippen molar-refractivity contribution in [3.8, 4) is 0 Å². The van der Waals surface area contributed by atoms with Gasteiger partial charge in [0.1, 0.15) is 18.2 Å². The molecule has 0 radical (unpaired) electrons. The lowest BCUT2D eigenvalue weighted by atomic mass is 9.93. The van der Waals surface area contributed by atoms with E-state index in [2.05, 4.69) is 10.6 Å². The molecular formula is C19H28N2O10S2. The van der Waals surface area contributed by atoms with Crippen molar-refractivity contribution in [2.75, 3.05) is 19.1 Å². The van der Waals surface area contributed by atoms with Crippen molar-refractivity contribution in [3.63, 3.8) is 0 Å². The zero-order valence-electron chi connectivity index (χ0n) is 18.6. The molecule has 0 saturated carbocycles. The van der Waals surface area contributed by atoms with Crippen LogP contribution in [0, 0.1) is 0 Å². The number of amides is 2. The van der Waals surface area contributed by atoms with E-state index in [0.29, 0.717) is 0 Å². The Kier molecular flexibility index (Phi) is 9.34. The molecule has 0 spiro atoms. The highest BCUT2D eigenvalue weighted by molar-refractivity contribution is 7.86. The Bertz CT molecular complexity index is 1030. The minimum Gasteiger partial charge on any atom is -0.349 e. The first-order chi connectivity index (χ1) is 15.2. The molecule has 1 aliphatic heterocycles. The van der Waals surface area contributed by atoms with E-state index in [1.807, 2.05) is 6.07 Å². The van der Waals surface area contributed by atoms with Crippen molar-refractivity contribution in [1.82, 2.24) is 10.6 Å². The smallest absolute Gasteiger partial charge is 0.264 e. The standard InChI is InChI=1S/C19H28N2O10S2/c1-12(22)20-16-17(21-13(2)23)19(28-10-14-8-6-5-7-9-14)30-15(11-29-32(3,24)25)18(16)31-33(4,26)27/h5-9,15-19H,10-11H2,1-4H3,(H,20,22)(H,21,23). The Balaban J connectivity index is 2.43. The fraction of sp³-hybridized carbons (Fsp3) is 0.579.